The quantitative estimate of drug-likeness (QED) is 0.506. The van der Waals surface area contributed by atoms with Gasteiger partial charge in [-0.3, -0.25) is 9.59 Å². The van der Waals surface area contributed by atoms with Crippen LogP contribution in [0.3, 0.4) is 0 Å². The van der Waals surface area contributed by atoms with Crippen LogP contribution in [0.1, 0.15) is 40.6 Å². The summed E-state index contributed by atoms with van der Waals surface area (Å²) in [5, 5.41) is 9.54. The minimum absolute atomic E-state index is 0.140. The molecule has 7 heteroatoms. The van der Waals surface area contributed by atoms with E-state index in [4.69, 9.17) is 0 Å². The van der Waals surface area contributed by atoms with Gasteiger partial charge in [-0.15, -0.1) is 11.3 Å². The molecule has 0 saturated heterocycles. The molecule has 1 N–H and O–H groups in total. The molecule has 6 nitrogen and oxygen atoms in total. The van der Waals surface area contributed by atoms with Gasteiger partial charge in [0.25, 0.3) is 11.8 Å². The number of hydrazone groups is 1. The first-order chi connectivity index (χ1) is 16.1. The van der Waals surface area contributed by atoms with Crippen molar-refractivity contribution in [2.75, 3.05) is 10.3 Å². The maximum absolute atomic E-state index is 13.3. The molecule has 0 unspecified atom stereocenters. The van der Waals surface area contributed by atoms with Crippen LogP contribution in [0.25, 0.3) is 0 Å². The number of benzene rings is 2. The highest BCUT2D eigenvalue weighted by atomic mass is 32.1. The Morgan fingerprint density at radius 2 is 1.79 bits per heavy atom. The monoisotopic (exact) mass is 456 g/mol. The second-order valence-corrected chi connectivity index (χ2v) is 9.28. The van der Waals surface area contributed by atoms with Gasteiger partial charge >= 0.3 is 0 Å². The zero-order valence-electron chi connectivity index (χ0n) is 18.3. The average molecular weight is 457 g/mol. The number of fused-ring (bicyclic) bond motifs is 1. The molecule has 2 heterocycles. The fourth-order valence-electron chi connectivity index (χ4n) is 4.24. The Bertz CT molecular complexity index is 1250. The molecule has 0 fully saturated rings. The summed E-state index contributed by atoms with van der Waals surface area (Å²) in [5.74, 6) is -0.838. The van der Waals surface area contributed by atoms with Crippen molar-refractivity contribution in [3.63, 3.8) is 0 Å². The first kappa shape index (κ1) is 21.3. The van der Waals surface area contributed by atoms with E-state index >= 15 is 0 Å². The summed E-state index contributed by atoms with van der Waals surface area (Å²) in [6.45, 7) is 1.83. The van der Waals surface area contributed by atoms with Crippen molar-refractivity contribution >= 4 is 51.5 Å². The highest BCUT2D eigenvalue weighted by Gasteiger charge is 2.33. The molecule has 1 aliphatic carbocycles. The van der Waals surface area contributed by atoms with Crippen molar-refractivity contribution in [3.05, 3.63) is 76.7 Å². The number of thiophene rings is 1. The lowest BCUT2D eigenvalue weighted by Gasteiger charge is -2.13. The summed E-state index contributed by atoms with van der Waals surface area (Å²) in [4.78, 5) is 32.2. The topological polar surface area (TPSA) is 74.1 Å². The summed E-state index contributed by atoms with van der Waals surface area (Å²) < 4.78 is 0. The standard InChI is InChI=1S/C26H24N4O2S/c1-17-21(26(32)30(29-17)19-12-6-3-7-13-19)16-27-25-23(20-14-8-9-15-22(20)33-25)24(31)28-18-10-4-2-5-11-18/h2-7,10-13,16,21H,8-9,14-15H2,1H3,(H,28,31)/t21-/m0/s1. The van der Waals surface area contributed by atoms with E-state index < -0.39 is 5.92 Å². The number of anilines is 2. The van der Waals surface area contributed by atoms with E-state index in [0.29, 0.717) is 16.3 Å². The van der Waals surface area contributed by atoms with E-state index in [2.05, 4.69) is 15.4 Å². The second kappa shape index (κ2) is 9.11. The van der Waals surface area contributed by atoms with Gasteiger partial charge < -0.3 is 5.32 Å². The third-order valence-electron chi connectivity index (χ3n) is 5.94. The van der Waals surface area contributed by atoms with Crippen LogP contribution in [-0.2, 0) is 17.6 Å². The van der Waals surface area contributed by atoms with Gasteiger partial charge in [0.05, 0.1) is 17.0 Å². The maximum atomic E-state index is 13.3. The van der Waals surface area contributed by atoms with Crippen LogP contribution < -0.4 is 10.3 Å². The molecule has 2 aliphatic rings. The number of hydrogen-bond acceptors (Lipinski definition) is 5. The van der Waals surface area contributed by atoms with Gasteiger partial charge in [0.1, 0.15) is 10.9 Å². The molecule has 2 aromatic carbocycles. The Morgan fingerprint density at radius 3 is 2.55 bits per heavy atom. The van der Waals surface area contributed by atoms with E-state index in [0.717, 1.165) is 42.6 Å². The normalized spacial score (nSPS) is 17.8. The molecule has 5 rings (SSSR count). The minimum Gasteiger partial charge on any atom is -0.322 e. The number of para-hydroxylation sites is 2. The highest BCUT2D eigenvalue weighted by Crippen LogP contribution is 2.40. The lowest BCUT2D eigenvalue weighted by atomic mass is 9.95. The number of amides is 2. The third-order valence-corrected chi connectivity index (χ3v) is 7.14. The van der Waals surface area contributed by atoms with Crippen LogP contribution in [0.15, 0.2) is 70.8 Å². The SMILES string of the molecule is CC1=NN(c2ccccc2)C(=O)[C@H]1C=Nc1sc2c(c1C(=O)Nc1ccccc1)CCCC2. The van der Waals surface area contributed by atoms with Crippen LogP contribution in [0.2, 0.25) is 0 Å². The molecule has 33 heavy (non-hydrogen) atoms. The lowest BCUT2D eigenvalue weighted by Crippen LogP contribution is -2.27. The highest BCUT2D eigenvalue weighted by molar-refractivity contribution is 7.16. The summed E-state index contributed by atoms with van der Waals surface area (Å²) in [6.07, 6.45) is 5.67. The summed E-state index contributed by atoms with van der Waals surface area (Å²) in [6, 6.07) is 18.8. The lowest BCUT2D eigenvalue weighted by molar-refractivity contribution is -0.118. The molecule has 1 aromatic heterocycles. The van der Waals surface area contributed by atoms with E-state index in [9.17, 15) is 9.59 Å². The number of rotatable bonds is 5. The molecule has 1 aliphatic heterocycles. The van der Waals surface area contributed by atoms with E-state index in [1.165, 1.54) is 9.89 Å². The van der Waals surface area contributed by atoms with Crippen molar-refractivity contribution in [1.82, 2.24) is 0 Å². The number of aliphatic imine (C=N–C) groups is 1. The molecular weight excluding hydrogens is 432 g/mol. The summed E-state index contributed by atoms with van der Waals surface area (Å²) in [7, 11) is 0. The van der Waals surface area contributed by atoms with Crippen LogP contribution in [0.5, 0.6) is 0 Å². The van der Waals surface area contributed by atoms with E-state index in [1.54, 1.807) is 17.6 Å². The Labute approximate surface area is 196 Å². The number of hydrogen-bond donors (Lipinski definition) is 1. The van der Waals surface area contributed by atoms with Gasteiger partial charge in [-0.05, 0) is 62.4 Å². The zero-order chi connectivity index (χ0) is 22.8. The van der Waals surface area contributed by atoms with Gasteiger partial charge in [-0.1, -0.05) is 36.4 Å². The first-order valence-corrected chi connectivity index (χ1v) is 11.9. The molecule has 0 spiro atoms. The van der Waals surface area contributed by atoms with Gasteiger partial charge in [0.2, 0.25) is 0 Å². The average Bonchev–Trinajstić information content (AvgIpc) is 3.35. The van der Waals surface area contributed by atoms with Crippen LogP contribution in [0, 0.1) is 5.92 Å². The van der Waals surface area contributed by atoms with E-state index in [-0.39, 0.29) is 11.8 Å². The molecule has 2 amide bonds. The molecule has 3 aromatic rings. The van der Waals surface area contributed by atoms with Crippen LogP contribution in [-0.4, -0.2) is 23.7 Å². The summed E-state index contributed by atoms with van der Waals surface area (Å²) in [5.41, 5.74) is 3.90. The Hall–Kier alpha value is -3.58. The number of carbonyl (C=O) groups excluding carboxylic acids is 2. The Morgan fingerprint density at radius 1 is 1.09 bits per heavy atom. The van der Waals surface area contributed by atoms with Gasteiger partial charge in [-0.25, -0.2) is 4.99 Å². The smallest absolute Gasteiger partial charge is 0.261 e. The minimum atomic E-state index is -0.547. The van der Waals surface area contributed by atoms with Gasteiger partial charge in [0.15, 0.2) is 0 Å². The summed E-state index contributed by atoms with van der Waals surface area (Å²) >= 11 is 1.56. The molecule has 166 valence electrons. The van der Waals surface area contributed by atoms with Crippen LogP contribution in [0.4, 0.5) is 16.4 Å². The third kappa shape index (κ3) is 4.24. The number of nitrogens with one attached hydrogen (secondary N) is 1. The molecule has 0 radical (unpaired) electrons. The van der Waals surface area contributed by atoms with E-state index in [1.807, 2.05) is 67.6 Å². The second-order valence-electron chi connectivity index (χ2n) is 8.19. The number of aryl methyl sites for hydroxylation is 1. The fourth-order valence-corrected chi connectivity index (χ4v) is 5.48. The molecule has 0 bridgehead atoms. The Balaban J connectivity index is 1.44. The van der Waals surface area contributed by atoms with Crippen molar-refractivity contribution < 1.29 is 9.59 Å². The molecule has 0 saturated carbocycles. The van der Waals surface area contributed by atoms with Gasteiger partial charge in [-0.2, -0.15) is 10.1 Å². The van der Waals surface area contributed by atoms with Crippen molar-refractivity contribution in [2.24, 2.45) is 16.0 Å². The Kier molecular flexibility index (Phi) is 5.88. The molecule has 1 atom stereocenters. The van der Waals surface area contributed by atoms with Crippen molar-refractivity contribution in [1.29, 1.82) is 0 Å². The van der Waals surface area contributed by atoms with Crippen molar-refractivity contribution in [3.8, 4) is 0 Å². The van der Waals surface area contributed by atoms with Gasteiger partial charge in [0, 0.05) is 16.8 Å². The molecular formula is C26H24N4O2S. The van der Waals surface area contributed by atoms with Crippen molar-refractivity contribution in [2.45, 2.75) is 32.6 Å². The largest absolute Gasteiger partial charge is 0.322 e. The first-order valence-electron chi connectivity index (χ1n) is 11.1. The predicted molar refractivity (Wildman–Crippen MR) is 134 cm³/mol. The predicted octanol–water partition coefficient (Wildman–Crippen LogP) is 5.62. The number of nitrogens with zero attached hydrogens (tertiary/aromatic N) is 3. The number of carbonyl (C=O) groups is 2. The zero-order valence-corrected chi connectivity index (χ0v) is 19.1. The fraction of sp³-hybridized carbons (Fsp3) is 0.231. The maximum Gasteiger partial charge on any atom is 0.261 e. The van der Waals surface area contributed by atoms with Crippen LogP contribution >= 0.6 is 11.3 Å².